The number of nitrogens with zero attached hydrogens (tertiary/aromatic N) is 4. The summed E-state index contributed by atoms with van der Waals surface area (Å²) in [5, 5.41) is 22.9. The van der Waals surface area contributed by atoms with Gasteiger partial charge in [-0.1, -0.05) is 41.9 Å². The maximum absolute atomic E-state index is 13.3. The quantitative estimate of drug-likeness (QED) is 0.231. The lowest BCUT2D eigenvalue weighted by Gasteiger charge is -2.09. The third-order valence-electron chi connectivity index (χ3n) is 4.55. The maximum atomic E-state index is 13.3. The number of aliphatic hydroxyl groups is 1. The van der Waals surface area contributed by atoms with Crippen molar-refractivity contribution in [1.82, 2.24) is 24.6 Å². The number of nitrogens with one attached hydrogen (secondary N) is 1. The Hall–Kier alpha value is -4.09. The lowest BCUT2D eigenvalue weighted by Crippen LogP contribution is -2.17. The highest BCUT2D eigenvalue weighted by Gasteiger charge is 2.26. The van der Waals surface area contributed by atoms with Gasteiger partial charge in [-0.3, -0.25) is 9.59 Å². The fraction of sp³-hybridized carbons (Fsp3) is 0. The number of carbonyl (C=O) groups is 2. The third kappa shape index (κ3) is 4.45. The molecule has 2 aromatic heterocycles. The molecule has 4 rings (SSSR count). The Morgan fingerprint density at radius 1 is 1.03 bits per heavy atom. The zero-order valence-electron chi connectivity index (χ0n) is 16.6. The molecule has 0 spiro atoms. The van der Waals surface area contributed by atoms with E-state index in [0.29, 0.717) is 14.6 Å². The highest BCUT2D eigenvalue weighted by molar-refractivity contribution is 7.90. The predicted molar refractivity (Wildman–Crippen MR) is 117 cm³/mol. The highest BCUT2D eigenvalue weighted by atomic mass is 35.5. The molecular formula is C21H14ClN5O5S. The molecule has 0 fully saturated rings. The molecule has 0 aliphatic heterocycles. The summed E-state index contributed by atoms with van der Waals surface area (Å²) < 4.78 is 27.3. The summed E-state index contributed by atoms with van der Waals surface area (Å²) >= 11 is 5.85. The van der Waals surface area contributed by atoms with Crippen molar-refractivity contribution < 1.29 is 23.1 Å². The molecule has 166 valence electrons. The van der Waals surface area contributed by atoms with Crippen LogP contribution in [0.4, 0.5) is 0 Å². The van der Waals surface area contributed by atoms with Gasteiger partial charge < -0.3 is 5.11 Å². The summed E-state index contributed by atoms with van der Waals surface area (Å²) in [6, 6.07) is 14.6. The van der Waals surface area contributed by atoms with Crippen molar-refractivity contribution >= 4 is 38.9 Å². The van der Waals surface area contributed by atoms with Crippen LogP contribution in [-0.2, 0) is 10.0 Å². The van der Waals surface area contributed by atoms with Crippen LogP contribution >= 0.6 is 11.6 Å². The van der Waals surface area contributed by atoms with Gasteiger partial charge in [-0.2, -0.15) is 5.21 Å². The third-order valence-corrected chi connectivity index (χ3v) is 6.49. The minimum atomic E-state index is -4.29. The lowest BCUT2D eigenvalue weighted by atomic mass is 10.1. The van der Waals surface area contributed by atoms with Gasteiger partial charge in [-0.25, -0.2) is 12.4 Å². The summed E-state index contributed by atoms with van der Waals surface area (Å²) in [5.74, 6) is -2.29. The van der Waals surface area contributed by atoms with Gasteiger partial charge in [-0.05, 0) is 35.5 Å². The fourth-order valence-corrected chi connectivity index (χ4v) is 4.44. The first-order chi connectivity index (χ1) is 15.8. The number of H-pyrrole nitrogens is 1. The van der Waals surface area contributed by atoms with E-state index >= 15 is 0 Å². The molecule has 0 radical (unpaired) electrons. The van der Waals surface area contributed by atoms with E-state index in [1.807, 2.05) is 0 Å². The number of aromatic nitrogens is 5. The maximum Gasteiger partial charge on any atom is 0.268 e. The van der Waals surface area contributed by atoms with Crippen LogP contribution in [0.3, 0.4) is 0 Å². The van der Waals surface area contributed by atoms with Gasteiger partial charge in [0.2, 0.25) is 11.6 Å². The normalized spacial score (nSPS) is 12.0. The highest BCUT2D eigenvalue weighted by Crippen LogP contribution is 2.23. The first-order valence-corrected chi connectivity index (χ1v) is 11.1. The van der Waals surface area contributed by atoms with Crippen LogP contribution in [0.2, 0.25) is 5.02 Å². The van der Waals surface area contributed by atoms with Gasteiger partial charge in [0, 0.05) is 28.4 Å². The van der Waals surface area contributed by atoms with Crippen molar-refractivity contribution in [1.29, 1.82) is 0 Å². The predicted octanol–water partition coefficient (Wildman–Crippen LogP) is 2.90. The van der Waals surface area contributed by atoms with Crippen molar-refractivity contribution in [2.45, 2.75) is 4.90 Å². The van der Waals surface area contributed by atoms with E-state index in [4.69, 9.17) is 11.6 Å². The van der Waals surface area contributed by atoms with Crippen molar-refractivity contribution in [3.63, 3.8) is 0 Å². The van der Waals surface area contributed by atoms with E-state index in [9.17, 15) is 23.1 Å². The molecule has 0 unspecified atom stereocenters. The summed E-state index contributed by atoms with van der Waals surface area (Å²) in [5.41, 5.74) is -0.100. The summed E-state index contributed by atoms with van der Waals surface area (Å²) in [7, 11) is -4.29. The Kier molecular flexibility index (Phi) is 5.90. The topological polar surface area (TPSA) is 148 Å². The summed E-state index contributed by atoms with van der Waals surface area (Å²) in [4.78, 5) is 25.7. The van der Waals surface area contributed by atoms with Crippen molar-refractivity contribution in [2.75, 3.05) is 0 Å². The molecule has 2 N–H and O–H groups in total. The number of hydrogen-bond acceptors (Lipinski definition) is 8. The molecule has 12 heteroatoms. The molecule has 2 aromatic carbocycles. The van der Waals surface area contributed by atoms with E-state index < -0.39 is 27.3 Å². The number of ketones is 2. The average molecular weight is 484 g/mol. The number of aromatic amines is 1. The number of benzene rings is 2. The number of tetrazole rings is 1. The van der Waals surface area contributed by atoms with E-state index in [2.05, 4.69) is 20.6 Å². The summed E-state index contributed by atoms with van der Waals surface area (Å²) in [6.45, 7) is 0. The van der Waals surface area contributed by atoms with E-state index in [0.717, 1.165) is 18.3 Å². The molecule has 0 aliphatic rings. The average Bonchev–Trinajstić information content (AvgIpc) is 3.50. The first kappa shape index (κ1) is 22.1. The second kappa shape index (κ2) is 8.81. The largest absolute Gasteiger partial charge is 0.504 e. The van der Waals surface area contributed by atoms with E-state index in [1.54, 1.807) is 30.3 Å². The van der Waals surface area contributed by atoms with Gasteiger partial charge in [-0.15, -0.1) is 10.2 Å². The molecule has 2 heterocycles. The number of rotatable bonds is 7. The molecule has 0 amide bonds. The number of hydrogen-bond donors (Lipinski definition) is 2. The van der Waals surface area contributed by atoms with Gasteiger partial charge in [0.05, 0.1) is 4.90 Å². The van der Waals surface area contributed by atoms with Crippen LogP contribution in [0.15, 0.2) is 77.8 Å². The van der Waals surface area contributed by atoms with Gasteiger partial charge in [0.25, 0.3) is 10.0 Å². The Balaban J connectivity index is 1.84. The van der Waals surface area contributed by atoms with Crippen molar-refractivity contribution in [3.8, 4) is 0 Å². The molecule has 10 nitrogen and oxygen atoms in total. The second-order valence-electron chi connectivity index (χ2n) is 6.69. The number of allylic oxidation sites excluding steroid dienone is 1. The smallest absolute Gasteiger partial charge is 0.268 e. The first-order valence-electron chi connectivity index (χ1n) is 9.29. The van der Waals surface area contributed by atoms with Crippen LogP contribution in [0.5, 0.6) is 0 Å². The summed E-state index contributed by atoms with van der Waals surface area (Å²) in [6.07, 6.45) is 1.80. The molecule has 33 heavy (non-hydrogen) atoms. The van der Waals surface area contributed by atoms with E-state index in [1.165, 1.54) is 24.3 Å². The van der Waals surface area contributed by atoms with Gasteiger partial charge in [0.1, 0.15) is 5.69 Å². The SMILES string of the molecule is O=C(c1ccccc1)c1cc(C(=O)C=C(O)c2nn[nH]n2)n(S(=O)(=O)c2ccc(Cl)cc2)c1. The minimum absolute atomic E-state index is 0.0328. The molecule has 0 atom stereocenters. The zero-order chi connectivity index (χ0) is 23.6. The van der Waals surface area contributed by atoms with Gasteiger partial charge in [0.15, 0.2) is 11.5 Å². The second-order valence-corrected chi connectivity index (χ2v) is 8.94. The van der Waals surface area contributed by atoms with Crippen LogP contribution in [0.25, 0.3) is 5.76 Å². The Labute approximate surface area is 192 Å². The molecule has 0 bridgehead atoms. The zero-order valence-corrected chi connectivity index (χ0v) is 18.2. The van der Waals surface area contributed by atoms with Crippen LogP contribution in [0.1, 0.15) is 32.2 Å². The fourth-order valence-electron chi connectivity index (χ4n) is 2.96. The standard InChI is InChI=1S/C21H14ClN5O5S/c22-15-6-8-16(9-7-15)33(31,32)27-12-14(20(30)13-4-2-1-3-5-13)10-17(27)18(28)11-19(29)21-23-25-26-24-21/h1-12,29H,(H,23,24,25,26). The monoisotopic (exact) mass is 483 g/mol. The number of aliphatic hydroxyl groups excluding tert-OH is 1. The number of carbonyl (C=O) groups excluding carboxylic acids is 2. The number of halogens is 1. The molecule has 0 saturated carbocycles. The Bertz CT molecular complexity index is 1460. The van der Waals surface area contributed by atoms with Gasteiger partial charge >= 0.3 is 0 Å². The molecule has 4 aromatic rings. The Morgan fingerprint density at radius 2 is 1.73 bits per heavy atom. The lowest BCUT2D eigenvalue weighted by molar-refractivity contribution is 0.103. The van der Waals surface area contributed by atoms with Crippen LogP contribution in [-0.4, -0.2) is 49.7 Å². The molecule has 0 aliphatic carbocycles. The van der Waals surface area contributed by atoms with Crippen LogP contribution < -0.4 is 0 Å². The molecular weight excluding hydrogens is 470 g/mol. The Morgan fingerprint density at radius 3 is 2.36 bits per heavy atom. The van der Waals surface area contributed by atoms with E-state index in [-0.39, 0.29) is 22.0 Å². The van der Waals surface area contributed by atoms with Crippen molar-refractivity contribution in [2.24, 2.45) is 0 Å². The minimum Gasteiger partial charge on any atom is -0.504 e. The van der Waals surface area contributed by atoms with Crippen LogP contribution in [0, 0.1) is 0 Å². The van der Waals surface area contributed by atoms with Crippen molar-refractivity contribution in [3.05, 3.63) is 101 Å². The molecule has 0 saturated heterocycles.